The van der Waals surface area contributed by atoms with Gasteiger partial charge in [-0.05, 0) is 28.4 Å². The molecule has 2 heteroatoms. The molecule has 36 heavy (non-hydrogen) atoms. The van der Waals surface area contributed by atoms with Crippen LogP contribution in [0.25, 0.3) is 11.1 Å². The van der Waals surface area contributed by atoms with Crippen molar-refractivity contribution in [1.29, 1.82) is 0 Å². The summed E-state index contributed by atoms with van der Waals surface area (Å²) in [6.07, 6.45) is 11.0. The second-order valence-corrected chi connectivity index (χ2v) is 20.4. The second kappa shape index (κ2) is 13.7. The number of benzene rings is 2. The summed E-state index contributed by atoms with van der Waals surface area (Å²) in [5, 5.41) is 0. The number of hydrogen-bond donors (Lipinski definition) is 0. The van der Waals surface area contributed by atoms with Gasteiger partial charge in [-0.1, -0.05) is 65.3 Å². The van der Waals surface area contributed by atoms with Crippen molar-refractivity contribution in [2.75, 3.05) is 0 Å². The Hall–Kier alpha value is -0.980. The Kier molecular flexibility index (Phi) is 11.9. The smallest absolute Gasteiger partial charge is 0.109 e. The van der Waals surface area contributed by atoms with Gasteiger partial charge in [-0.3, -0.25) is 6.08 Å². The molecule has 0 unspecified atom stereocenters. The summed E-state index contributed by atoms with van der Waals surface area (Å²) in [5.74, 6) is 1.87. The molecule has 0 heterocycles. The molecule has 0 spiro atoms. The van der Waals surface area contributed by atoms with Gasteiger partial charge in [-0.2, -0.15) is 29.8 Å². The zero-order valence-corrected chi connectivity index (χ0v) is 28.1. The minimum absolute atomic E-state index is 0.101. The van der Waals surface area contributed by atoms with Crippen LogP contribution < -0.4 is 0 Å². The third kappa shape index (κ3) is 10.1. The Labute approximate surface area is 238 Å². The molecule has 2 aromatic carbocycles. The van der Waals surface area contributed by atoms with E-state index in [-0.39, 0.29) is 16.3 Å². The summed E-state index contributed by atoms with van der Waals surface area (Å²) in [5.41, 5.74) is 8.81. The summed E-state index contributed by atoms with van der Waals surface area (Å²) in [6, 6.07) is 18.2. The molecule has 4 rings (SSSR count). The average Bonchev–Trinajstić information content (AvgIpc) is 3.42. The molecule has 0 fully saturated rings. The third-order valence-electron chi connectivity index (χ3n) is 6.36. The predicted octanol–water partition coefficient (Wildman–Crippen LogP) is 9.80. The van der Waals surface area contributed by atoms with Gasteiger partial charge in [0.15, 0.2) is 0 Å². The average molecular weight is 576 g/mol. The van der Waals surface area contributed by atoms with Crippen LogP contribution >= 0.6 is 0 Å². The van der Waals surface area contributed by atoms with Gasteiger partial charge in [0.25, 0.3) is 0 Å². The zero-order valence-electron chi connectivity index (χ0n) is 24.6. The Balaban J connectivity index is 0.000000252. The van der Waals surface area contributed by atoms with Gasteiger partial charge in [0.05, 0.1) is 0 Å². The molecule has 0 N–H and O–H groups in total. The number of fused-ring (bicyclic) bond motifs is 3. The van der Waals surface area contributed by atoms with Crippen molar-refractivity contribution in [3.8, 4) is 11.1 Å². The van der Waals surface area contributed by atoms with Gasteiger partial charge in [-0.15, -0.1) is 17.5 Å². The van der Waals surface area contributed by atoms with Crippen LogP contribution in [-0.4, -0.2) is 5.43 Å². The van der Waals surface area contributed by atoms with Gasteiger partial charge in [0.2, 0.25) is 0 Å². The molecule has 2 aliphatic carbocycles. The van der Waals surface area contributed by atoms with Gasteiger partial charge < -0.3 is 0 Å². The molecule has 0 amide bonds. The fourth-order valence-electron chi connectivity index (χ4n) is 4.44. The summed E-state index contributed by atoms with van der Waals surface area (Å²) < 4.78 is 0. The fourth-order valence-corrected chi connectivity index (χ4v) is 12.6. The maximum absolute atomic E-state index is 3.67. The molecular formula is C34H48SiZr. The molecule has 0 bridgehead atoms. The van der Waals surface area contributed by atoms with E-state index in [4.69, 9.17) is 0 Å². The Bertz CT molecular complexity index is 988. The van der Waals surface area contributed by atoms with E-state index in [1.807, 2.05) is 35.5 Å². The number of allylic oxidation sites excluding steroid dienone is 4. The summed E-state index contributed by atoms with van der Waals surface area (Å²) >= 11 is 1.83. The first kappa shape index (κ1) is 31.2. The molecule has 0 nitrogen and oxygen atoms in total. The largest absolute Gasteiger partial charge is 0.273 e. The molecule has 192 valence electrons. The maximum atomic E-state index is 3.67. The first-order chi connectivity index (χ1) is 16.7. The molecular weight excluding hydrogens is 528 g/mol. The van der Waals surface area contributed by atoms with E-state index >= 15 is 0 Å². The molecule has 2 aliphatic rings. The van der Waals surface area contributed by atoms with Crippen LogP contribution in [0, 0.1) is 24.0 Å². The van der Waals surface area contributed by atoms with Crippen molar-refractivity contribution < 1.29 is 23.3 Å². The standard InChI is InChI=1S/C21H25.C8H18Si.C5H5.Zr/c1-20(2,3)16-7-9-18-14(12-16)11-15-13-17(21(4,5)6)8-10-19(15)18;1-7(2)5-9-6-8(3)4;1-2-4-5-3-1;/h7-10,12H,11H2,1-6H3;7-8H,5-6H2,1-4H3;1-3H,4H2;/q-1;;-1;+2. The van der Waals surface area contributed by atoms with E-state index in [0.29, 0.717) is 0 Å². The first-order valence-corrected chi connectivity index (χ1v) is 19.3. The molecule has 2 aromatic rings. The van der Waals surface area contributed by atoms with Gasteiger partial charge in [0, 0.05) is 0 Å². The zero-order chi connectivity index (χ0) is 27.1. The van der Waals surface area contributed by atoms with Crippen molar-refractivity contribution in [3.05, 3.63) is 83.0 Å². The predicted molar refractivity (Wildman–Crippen MR) is 158 cm³/mol. The Morgan fingerprint density at radius 3 is 1.92 bits per heavy atom. The van der Waals surface area contributed by atoms with E-state index in [1.165, 1.54) is 45.5 Å². The van der Waals surface area contributed by atoms with Crippen LogP contribution in [0.2, 0.25) is 12.1 Å². The molecule has 0 radical (unpaired) electrons. The fraction of sp³-hybridized carbons (Fsp3) is 0.529. The first-order valence-electron chi connectivity index (χ1n) is 13.7. The molecule has 0 aromatic heterocycles. The van der Waals surface area contributed by atoms with E-state index in [9.17, 15) is 0 Å². The van der Waals surface area contributed by atoms with Crippen LogP contribution in [0.3, 0.4) is 0 Å². The second-order valence-electron chi connectivity index (χ2n) is 13.1. The molecule has 0 saturated heterocycles. The maximum Gasteiger partial charge on any atom is -0.109 e. The van der Waals surface area contributed by atoms with Gasteiger partial charge in [0.1, 0.15) is 0 Å². The quantitative estimate of drug-likeness (QED) is 0.214. The third-order valence-corrected chi connectivity index (χ3v) is 12.0. The minimum atomic E-state index is 0.101. The number of rotatable bonds is 4. The number of hydrogen-bond acceptors (Lipinski definition) is 0. The van der Waals surface area contributed by atoms with Crippen LogP contribution in [-0.2, 0) is 40.6 Å². The van der Waals surface area contributed by atoms with E-state index < -0.39 is 0 Å². The molecule has 0 atom stereocenters. The van der Waals surface area contributed by atoms with Crippen molar-refractivity contribution in [2.24, 2.45) is 11.8 Å². The van der Waals surface area contributed by atoms with E-state index in [1.54, 1.807) is 0 Å². The topological polar surface area (TPSA) is 0 Å². The Morgan fingerprint density at radius 2 is 1.47 bits per heavy atom. The van der Waals surface area contributed by atoms with Gasteiger partial charge >= 0.3 is 80.4 Å². The van der Waals surface area contributed by atoms with Crippen LogP contribution in [0.4, 0.5) is 0 Å². The normalized spacial score (nSPS) is 13.7. The van der Waals surface area contributed by atoms with Crippen LogP contribution in [0.5, 0.6) is 0 Å². The molecule has 0 saturated carbocycles. The van der Waals surface area contributed by atoms with Crippen LogP contribution in [0.1, 0.15) is 97.9 Å². The van der Waals surface area contributed by atoms with Crippen molar-refractivity contribution >= 4 is 5.43 Å². The van der Waals surface area contributed by atoms with E-state index in [0.717, 1.165) is 24.7 Å². The van der Waals surface area contributed by atoms with Gasteiger partial charge in [-0.25, -0.2) is 12.2 Å². The minimum Gasteiger partial charge on any atom is -0.273 e. The van der Waals surface area contributed by atoms with E-state index in [2.05, 4.69) is 118 Å². The summed E-state index contributed by atoms with van der Waals surface area (Å²) in [4.78, 5) is 0. The van der Waals surface area contributed by atoms with Crippen molar-refractivity contribution in [3.63, 3.8) is 0 Å². The van der Waals surface area contributed by atoms with Crippen LogP contribution in [0.15, 0.2) is 48.6 Å². The summed E-state index contributed by atoms with van der Waals surface area (Å²) in [6.45, 7) is 23.0. The monoisotopic (exact) mass is 574 g/mol. The van der Waals surface area contributed by atoms with Crippen molar-refractivity contribution in [1.82, 2.24) is 0 Å². The SMILES string of the molecule is CC(C)(C)c1[c-]c2c(cc1)-c1ccc(C(C)(C)C)cc1C2.CC(C)C[Si](=[Zr+2])CC(C)C.[C-]1=CC=CC1. The molecule has 0 aliphatic heterocycles. The van der Waals surface area contributed by atoms with Crippen molar-refractivity contribution in [2.45, 2.75) is 105 Å². The summed E-state index contributed by atoms with van der Waals surface area (Å²) in [7, 11) is 0. The Morgan fingerprint density at radius 1 is 0.861 bits per heavy atom.